The van der Waals surface area contributed by atoms with E-state index in [1.165, 1.54) is 6.33 Å². The number of hydrogen-bond donors (Lipinski definition) is 1. The van der Waals surface area contributed by atoms with Crippen molar-refractivity contribution in [2.24, 2.45) is 0 Å². The van der Waals surface area contributed by atoms with Crippen molar-refractivity contribution in [1.82, 2.24) is 29.7 Å². The molecular weight excluding hydrogens is 216 g/mol. The molecule has 0 fully saturated rings. The average Bonchev–Trinajstić information content (AvgIpc) is 2.96. The molecule has 0 aliphatic heterocycles. The summed E-state index contributed by atoms with van der Waals surface area (Å²) in [6.07, 6.45) is 3.19. The summed E-state index contributed by atoms with van der Waals surface area (Å²) in [6, 6.07) is 3.97. The number of hydrogen-bond acceptors (Lipinski definition) is 4. The standard InChI is InChI=1S/C11H12N6/c1-7-3-4-9-11(14-7)16-10(15-9)8(2)17-6-12-5-13-17/h3-6,8H,1-2H3,(H,14,15,16). The van der Waals surface area contributed by atoms with Crippen molar-refractivity contribution in [3.05, 3.63) is 36.3 Å². The molecule has 3 aromatic rings. The number of aromatic nitrogens is 6. The van der Waals surface area contributed by atoms with Gasteiger partial charge in [-0.1, -0.05) is 0 Å². The van der Waals surface area contributed by atoms with Gasteiger partial charge < -0.3 is 4.98 Å². The van der Waals surface area contributed by atoms with Gasteiger partial charge in [-0.2, -0.15) is 5.10 Å². The highest BCUT2D eigenvalue weighted by Crippen LogP contribution is 2.17. The Labute approximate surface area is 97.7 Å². The Bertz CT molecular complexity index is 639. The van der Waals surface area contributed by atoms with Gasteiger partial charge in [0.25, 0.3) is 0 Å². The Hall–Kier alpha value is -2.24. The first-order valence-corrected chi connectivity index (χ1v) is 5.41. The third-order valence-electron chi connectivity index (χ3n) is 2.73. The second-order valence-corrected chi connectivity index (χ2v) is 4.00. The monoisotopic (exact) mass is 228 g/mol. The van der Waals surface area contributed by atoms with E-state index in [1.807, 2.05) is 26.0 Å². The van der Waals surface area contributed by atoms with Crippen molar-refractivity contribution in [3.63, 3.8) is 0 Å². The number of imidazole rings is 1. The highest BCUT2D eigenvalue weighted by atomic mass is 15.3. The molecule has 0 bridgehead atoms. The van der Waals surface area contributed by atoms with Crippen LogP contribution in [0.3, 0.4) is 0 Å². The average molecular weight is 228 g/mol. The zero-order valence-electron chi connectivity index (χ0n) is 9.62. The summed E-state index contributed by atoms with van der Waals surface area (Å²) in [6.45, 7) is 3.97. The van der Waals surface area contributed by atoms with E-state index in [2.05, 4.69) is 25.0 Å². The van der Waals surface area contributed by atoms with Crippen LogP contribution in [0, 0.1) is 6.92 Å². The third kappa shape index (κ3) is 1.67. The van der Waals surface area contributed by atoms with E-state index in [4.69, 9.17) is 0 Å². The van der Waals surface area contributed by atoms with E-state index in [0.717, 1.165) is 22.7 Å². The number of aromatic amines is 1. The quantitative estimate of drug-likeness (QED) is 0.720. The molecule has 0 spiro atoms. The molecule has 6 nitrogen and oxygen atoms in total. The number of fused-ring (bicyclic) bond motifs is 1. The molecule has 86 valence electrons. The fourth-order valence-corrected chi connectivity index (χ4v) is 1.75. The maximum absolute atomic E-state index is 4.47. The number of pyridine rings is 1. The Morgan fingerprint density at radius 3 is 2.94 bits per heavy atom. The molecule has 0 amide bonds. The van der Waals surface area contributed by atoms with Crippen molar-refractivity contribution in [1.29, 1.82) is 0 Å². The highest BCUT2D eigenvalue weighted by Gasteiger charge is 2.13. The van der Waals surface area contributed by atoms with E-state index >= 15 is 0 Å². The first kappa shape index (κ1) is 9.95. The summed E-state index contributed by atoms with van der Waals surface area (Å²) < 4.78 is 1.75. The number of H-pyrrole nitrogens is 1. The van der Waals surface area contributed by atoms with Gasteiger partial charge in [-0.05, 0) is 26.0 Å². The Kier molecular flexibility index (Phi) is 2.14. The molecule has 6 heteroatoms. The topological polar surface area (TPSA) is 72.3 Å². The molecule has 0 aromatic carbocycles. The zero-order chi connectivity index (χ0) is 11.8. The summed E-state index contributed by atoms with van der Waals surface area (Å²) in [7, 11) is 0. The van der Waals surface area contributed by atoms with Crippen molar-refractivity contribution in [2.45, 2.75) is 19.9 Å². The third-order valence-corrected chi connectivity index (χ3v) is 2.73. The number of nitrogens with one attached hydrogen (secondary N) is 1. The molecule has 0 aliphatic carbocycles. The molecule has 1 N–H and O–H groups in total. The molecular formula is C11H12N6. The van der Waals surface area contributed by atoms with E-state index in [9.17, 15) is 0 Å². The molecule has 0 radical (unpaired) electrons. The van der Waals surface area contributed by atoms with Crippen LogP contribution in [-0.2, 0) is 0 Å². The van der Waals surface area contributed by atoms with Crippen LogP contribution in [0.2, 0.25) is 0 Å². The smallest absolute Gasteiger partial charge is 0.178 e. The van der Waals surface area contributed by atoms with E-state index < -0.39 is 0 Å². The van der Waals surface area contributed by atoms with Gasteiger partial charge in [-0.15, -0.1) is 0 Å². The second-order valence-electron chi connectivity index (χ2n) is 4.00. The SMILES string of the molecule is Cc1ccc2[nH]c(C(C)n3cncn3)nc2n1. The highest BCUT2D eigenvalue weighted by molar-refractivity contribution is 5.70. The van der Waals surface area contributed by atoms with Gasteiger partial charge >= 0.3 is 0 Å². The van der Waals surface area contributed by atoms with Crippen LogP contribution in [0.1, 0.15) is 24.5 Å². The van der Waals surface area contributed by atoms with Crippen LogP contribution in [-0.4, -0.2) is 29.7 Å². The van der Waals surface area contributed by atoms with Crippen molar-refractivity contribution < 1.29 is 0 Å². The van der Waals surface area contributed by atoms with Crippen molar-refractivity contribution in [2.75, 3.05) is 0 Å². The summed E-state index contributed by atoms with van der Waals surface area (Å²) >= 11 is 0. The lowest BCUT2D eigenvalue weighted by Gasteiger charge is -2.06. The minimum atomic E-state index is 0.0204. The number of nitrogens with zero attached hydrogens (tertiary/aromatic N) is 5. The van der Waals surface area contributed by atoms with Gasteiger partial charge in [0.1, 0.15) is 24.5 Å². The largest absolute Gasteiger partial charge is 0.339 e. The Balaban J connectivity index is 2.06. The lowest BCUT2D eigenvalue weighted by atomic mass is 10.3. The lowest BCUT2D eigenvalue weighted by molar-refractivity contribution is 0.540. The van der Waals surface area contributed by atoms with Gasteiger partial charge in [0.2, 0.25) is 0 Å². The predicted octanol–water partition coefficient (Wildman–Crippen LogP) is 1.47. The van der Waals surface area contributed by atoms with Gasteiger partial charge in [-0.25, -0.2) is 19.6 Å². The summed E-state index contributed by atoms with van der Waals surface area (Å²) in [5.41, 5.74) is 2.65. The van der Waals surface area contributed by atoms with E-state index in [-0.39, 0.29) is 6.04 Å². The van der Waals surface area contributed by atoms with Crippen LogP contribution >= 0.6 is 0 Å². The normalized spacial score (nSPS) is 13.1. The van der Waals surface area contributed by atoms with Crippen LogP contribution in [0.4, 0.5) is 0 Å². The fourth-order valence-electron chi connectivity index (χ4n) is 1.75. The Morgan fingerprint density at radius 1 is 1.29 bits per heavy atom. The van der Waals surface area contributed by atoms with Crippen LogP contribution in [0.5, 0.6) is 0 Å². The van der Waals surface area contributed by atoms with Crippen LogP contribution < -0.4 is 0 Å². The van der Waals surface area contributed by atoms with Crippen molar-refractivity contribution in [3.8, 4) is 0 Å². The molecule has 1 atom stereocenters. The summed E-state index contributed by atoms with van der Waals surface area (Å²) in [5.74, 6) is 0.837. The summed E-state index contributed by atoms with van der Waals surface area (Å²) in [4.78, 5) is 16.0. The molecule has 3 rings (SSSR count). The maximum atomic E-state index is 4.47. The molecule has 17 heavy (non-hydrogen) atoms. The van der Waals surface area contributed by atoms with Crippen LogP contribution in [0.15, 0.2) is 24.8 Å². The van der Waals surface area contributed by atoms with Crippen LogP contribution in [0.25, 0.3) is 11.2 Å². The second kappa shape index (κ2) is 3.65. The molecule has 0 saturated heterocycles. The molecule has 0 saturated carbocycles. The molecule has 3 heterocycles. The van der Waals surface area contributed by atoms with Gasteiger partial charge in [0, 0.05) is 5.69 Å². The maximum Gasteiger partial charge on any atom is 0.178 e. The van der Waals surface area contributed by atoms with E-state index in [0.29, 0.717) is 0 Å². The minimum Gasteiger partial charge on any atom is -0.339 e. The number of rotatable bonds is 2. The predicted molar refractivity (Wildman–Crippen MR) is 62.5 cm³/mol. The molecule has 1 unspecified atom stereocenters. The van der Waals surface area contributed by atoms with Gasteiger partial charge in [0.15, 0.2) is 5.65 Å². The summed E-state index contributed by atoms with van der Waals surface area (Å²) in [5, 5.41) is 4.11. The van der Waals surface area contributed by atoms with Crippen molar-refractivity contribution >= 4 is 11.2 Å². The van der Waals surface area contributed by atoms with Gasteiger partial charge in [-0.3, -0.25) is 0 Å². The Morgan fingerprint density at radius 2 is 2.18 bits per heavy atom. The first-order chi connectivity index (χ1) is 8.24. The van der Waals surface area contributed by atoms with E-state index in [1.54, 1.807) is 11.0 Å². The zero-order valence-corrected chi connectivity index (χ0v) is 9.62. The molecule has 3 aromatic heterocycles. The first-order valence-electron chi connectivity index (χ1n) is 5.41. The molecule has 0 aliphatic rings. The fraction of sp³-hybridized carbons (Fsp3) is 0.273. The number of aryl methyl sites for hydroxylation is 1. The lowest BCUT2D eigenvalue weighted by Crippen LogP contribution is -2.08. The van der Waals surface area contributed by atoms with Gasteiger partial charge in [0.05, 0.1) is 5.52 Å². The minimum absolute atomic E-state index is 0.0204.